The number of anilines is 1. The lowest BCUT2D eigenvalue weighted by molar-refractivity contribution is 0.0789. The Kier molecular flexibility index (Phi) is 2.81. The molecule has 2 aromatic rings. The van der Waals surface area contributed by atoms with Crippen LogP contribution in [0.1, 0.15) is 23.3 Å². The number of nitrogens with two attached hydrogens (primary N) is 1. The van der Waals surface area contributed by atoms with Crippen LogP contribution in [0.2, 0.25) is 0 Å². The molecular formula is C14H14FN3O. The quantitative estimate of drug-likeness (QED) is 0.799. The number of hydrogen-bond donors (Lipinski definition) is 1. The largest absolute Gasteiger partial charge is 0.398 e. The van der Waals surface area contributed by atoms with Gasteiger partial charge in [-0.25, -0.2) is 4.39 Å². The monoisotopic (exact) mass is 259 g/mol. The molecule has 0 atom stereocenters. The SMILES string of the molecule is Nc1ccc(F)c2ccnc(C(=O)N3CCCC3)c12. The lowest BCUT2D eigenvalue weighted by Crippen LogP contribution is -2.28. The topological polar surface area (TPSA) is 59.2 Å². The van der Waals surface area contributed by atoms with Crippen LogP contribution in [0.15, 0.2) is 24.4 Å². The Labute approximate surface area is 110 Å². The summed E-state index contributed by atoms with van der Waals surface area (Å²) in [5.41, 5.74) is 6.51. The minimum Gasteiger partial charge on any atom is -0.398 e. The number of rotatable bonds is 1. The van der Waals surface area contributed by atoms with Crippen molar-refractivity contribution in [2.75, 3.05) is 18.8 Å². The highest BCUT2D eigenvalue weighted by Gasteiger charge is 2.23. The van der Waals surface area contributed by atoms with Gasteiger partial charge in [0, 0.05) is 35.7 Å². The molecule has 5 heteroatoms. The van der Waals surface area contributed by atoms with Gasteiger partial charge in [0.15, 0.2) is 0 Å². The third-order valence-corrected chi connectivity index (χ3v) is 3.50. The van der Waals surface area contributed by atoms with Crippen LogP contribution in [0.4, 0.5) is 10.1 Å². The molecule has 1 fully saturated rings. The number of pyridine rings is 1. The summed E-state index contributed by atoms with van der Waals surface area (Å²) in [6.45, 7) is 1.46. The van der Waals surface area contributed by atoms with Crippen molar-refractivity contribution in [1.82, 2.24) is 9.88 Å². The highest BCUT2D eigenvalue weighted by Crippen LogP contribution is 2.27. The van der Waals surface area contributed by atoms with Crippen molar-refractivity contribution < 1.29 is 9.18 Å². The van der Waals surface area contributed by atoms with Gasteiger partial charge in [-0.05, 0) is 31.0 Å². The number of likely N-dealkylation sites (tertiary alicyclic amines) is 1. The Morgan fingerprint density at radius 1 is 1.26 bits per heavy atom. The molecule has 1 aromatic heterocycles. The highest BCUT2D eigenvalue weighted by molar-refractivity contribution is 6.09. The molecule has 2 heterocycles. The minimum atomic E-state index is -0.387. The van der Waals surface area contributed by atoms with Gasteiger partial charge in [-0.15, -0.1) is 0 Å². The molecule has 1 aliphatic heterocycles. The number of aromatic nitrogens is 1. The summed E-state index contributed by atoms with van der Waals surface area (Å²) in [7, 11) is 0. The summed E-state index contributed by atoms with van der Waals surface area (Å²) < 4.78 is 13.8. The number of carbonyl (C=O) groups excluding carboxylic acids is 1. The molecule has 98 valence electrons. The number of hydrogen-bond acceptors (Lipinski definition) is 3. The minimum absolute atomic E-state index is 0.166. The summed E-state index contributed by atoms with van der Waals surface area (Å²) >= 11 is 0. The van der Waals surface area contributed by atoms with E-state index in [4.69, 9.17) is 5.73 Å². The molecule has 0 saturated carbocycles. The molecule has 19 heavy (non-hydrogen) atoms. The molecule has 1 amide bonds. The molecule has 1 aromatic carbocycles. The number of amides is 1. The normalized spacial score (nSPS) is 15.1. The molecule has 4 nitrogen and oxygen atoms in total. The Balaban J connectivity index is 2.18. The number of carbonyl (C=O) groups is 1. The number of nitrogen functional groups attached to an aromatic ring is 1. The molecule has 0 radical (unpaired) electrons. The Bertz CT molecular complexity index is 650. The standard InChI is InChI=1S/C14H14FN3O/c15-10-3-4-11(16)12-9(10)5-6-17-13(12)14(19)18-7-1-2-8-18/h3-6H,1-2,7-8,16H2. The fourth-order valence-corrected chi connectivity index (χ4v) is 2.52. The van der Waals surface area contributed by atoms with Crippen LogP contribution in [0.5, 0.6) is 0 Å². The molecule has 2 N–H and O–H groups in total. The molecule has 0 unspecified atom stereocenters. The van der Waals surface area contributed by atoms with Gasteiger partial charge in [0.05, 0.1) is 0 Å². The predicted molar refractivity (Wildman–Crippen MR) is 71.3 cm³/mol. The molecule has 3 rings (SSSR count). The van der Waals surface area contributed by atoms with Crippen LogP contribution in [-0.4, -0.2) is 28.9 Å². The van der Waals surface area contributed by atoms with E-state index in [1.54, 1.807) is 11.0 Å². The first-order chi connectivity index (χ1) is 9.18. The van der Waals surface area contributed by atoms with Gasteiger partial charge in [0.25, 0.3) is 5.91 Å². The Morgan fingerprint density at radius 2 is 2.00 bits per heavy atom. The van der Waals surface area contributed by atoms with E-state index in [9.17, 15) is 9.18 Å². The van der Waals surface area contributed by atoms with Crippen LogP contribution in [0.25, 0.3) is 10.8 Å². The van der Waals surface area contributed by atoms with E-state index in [0.717, 1.165) is 25.9 Å². The first-order valence-corrected chi connectivity index (χ1v) is 6.30. The van der Waals surface area contributed by atoms with Crippen LogP contribution in [0.3, 0.4) is 0 Å². The summed E-state index contributed by atoms with van der Waals surface area (Å²) in [6, 6.07) is 4.32. The first kappa shape index (κ1) is 11.9. The fourth-order valence-electron chi connectivity index (χ4n) is 2.52. The van der Waals surface area contributed by atoms with Crippen LogP contribution < -0.4 is 5.73 Å². The second kappa shape index (κ2) is 4.50. The van der Waals surface area contributed by atoms with E-state index in [1.807, 2.05) is 0 Å². The maximum absolute atomic E-state index is 13.8. The lowest BCUT2D eigenvalue weighted by Gasteiger charge is -2.16. The van der Waals surface area contributed by atoms with Crippen LogP contribution >= 0.6 is 0 Å². The zero-order chi connectivity index (χ0) is 13.4. The second-order valence-electron chi connectivity index (χ2n) is 4.72. The molecule has 0 spiro atoms. The number of benzene rings is 1. The van der Waals surface area contributed by atoms with E-state index in [2.05, 4.69) is 4.98 Å². The zero-order valence-corrected chi connectivity index (χ0v) is 10.4. The van der Waals surface area contributed by atoms with Crippen molar-refractivity contribution >= 4 is 22.4 Å². The zero-order valence-electron chi connectivity index (χ0n) is 10.4. The van der Waals surface area contributed by atoms with Gasteiger partial charge in [-0.1, -0.05) is 0 Å². The maximum atomic E-state index is 13.8. The number of nitrogens with zero attached hydrogens (tertiary/aromatic N) is 2. The van der Waals surface area contributed by atoms with E-state index >= 15 is 0 Å². The van der Waals surface area contributed by atoms with Crippen molar-refractivity contribution in [1.29, 1.82) is 0 Å². The van der Waals surface area contributed by atoms with Crippen molar-refractivity contribution in [2.45, 2.75) is 12.8 Å². The molecule has 1 saturated heterocycles. The van der Waals surface area contributed by atoms with Crippen LogP contribution in [-0.2, 0) is 0 Å². The van der Waals surface area contributed by atoms with E-state index < -0.39 is 0 Å². The number of halogens is 1. The van der Waals surface area contributed by atoms with Crippen LogP contribution in [0, 0.1) is 5.82 Å². The van der Waals surface area contributed by atoms with E-state index in [0.29, 0.717) is 16.5 Å². The van der Waals surface area contributed by atoms with Gasteiger partial charge in [0.2, 0.25) is 0 Å². The van der Waals surface area contributed by atoms with Crippen molar-refractivity contribution in [3.63, 3.8) is 0 Å². The molecule has 0 aliphatic carbocycles. The number of fused-ring (bicyclic) bond motifs is 1. The molecule has 0 bridgehead atoms. The second-order valence-corrected chi connectivity index (χ2v) is 4.72. The average Bonchev–Trinajstić information content (AvgIpc) is 2.96. The Hall–Kier alpha value is -2.17. The predicted octanol–water partition coefficient (Wildman–Crippen LogP) is 2.19. The first-order valence-electron chi connectivity index (χ1n) is 6.30. The Morgan fingerprint density at radius 3 is 2.74 bits per heavy atom. The van der Waals surface area contributed by atoms with Gasteiger partial charge in [0.1, 0.15) is 11.5 Å². The summed E-state index contributed by atoms with van der Waals surface area (Å²) in [5, 5.41) is 0.761. The summed E-state index contributed by atoms with van der Waals surface area (Å²) in [5.74, 6) is -0.553. The van der Waals surface area contributed by atoms with Gasteiger partial charge >= 0.3 is 0 Å². The summed E-state index contributed by atoms with van der Waals surface area (Å²) in [4.78, 5) is 18.3. The third kappa shape index (κ3) is 1.91. The summed E-state index contributed by atoms with van der Waals surface area (Å²) in [6.07, 6.45) is 3.45. The molecular weight excluding hydrogens is 245 g/mol. The van der Waals surface area contributed by atoms with Gasteiger partial charge in [-0.3, -0.25) is 9.78 Å². The van der Waals surface area contributed by atoms with Gasteiger partial charge in [-0.2, -0.15) is 0 Å². The lowest BCUT2D eigenvalue weighted by atomic mass is 10.1. The van der Waals surface area contributed by atoms with E-state index in [-0.39, 0.29) is 17.4 Å². The average molecular weight is 259 g/mol. The fraction of sp³-hybridized carbons (Fsp3) is 0.286. The molecule has 1 aliphatic rings. The van der Waals surface area contributed by atoms with Gasteiger partial charge < -0.3 is 10.6 Å². The third-order valence-electron chi connectivity index (χ3n) is 3.50. The van der Waals surface area contributed by atoms with Crippen molar-refractivity contribution in [2.24, 2.45) is 0 Å². The maximum Gasteiger partial charge on any atom is 0.273 e. The van der Waals surface area contributed by atoms with Crippen molar-refractivity contribution in [3.8, 4) is 0 Å². The van der Waals surface area contributed by atoms with Crippen molar-refractivity contribution in [3.05, 3.63) is 35.9 Å². The highest BCUT2D eigenvalue weighted by atomic mass is 19.1. The van der Waals surface area contributed by atoms with E-state index in [1.165, 1.54) is 18.3 Å². The smallest absolute Gasteiger partial charge is 0.273 e.